The van der Waals surface area contributed by atoms with E-state index in [0.29, 0.717) is 24.8 Å². The molecule has 0 amide bonds. The van der Waals surface area contributed by atoms with Crippen molar-refractivity contribution in [2.45, 2.75) is 26.3 Å². The summed E-state index contributed by atoms with van der Waals surface area (Å²) < 4.78 is 6.75. The number of aromatic amines is 1. The predicted molar refractivity (Wildman–Crippen MR) is 105 cm³/mol. The zero-order valence-corrected chi connectivity index (χ0v) is 15.1. The molecule has 1 aromatic carbocycles. The van der Waals surface area contributed by atoms with E-state index in [0.717, 1.165) is 35.5 Å². The molecule has 0 atom stereocenters. The first-order valence-corrected chi connectivity index (χ1v) is 9.05. The third-order valence-corrected chi connectivity index (χ3v) is 4.34. The molecule has 3 aromatic rings. The van der Waals surface area contributed by atoms with Crippen molar-refractivity contribution in [2.24, 2.45) is 0 Å². The van der Waals surface area contributed by atoms with Crippen LogP contribution in [0.4, 0.5) is 5.69 Å². The summed E-state index contributed by atoms with van der Waals surface area (Å²) in [5.41, 5.74) is 2.54. The molecule has 7 nitrogen and oxygen atoms in total. The maximum absolute atomic E-state index is 12.4. The van der Waals surface area contributed by atoms with E-state index < -0.39 is 0 Å². The Morgan fingerprint density at radius 1 is 1.30 bits per heavy atom. The van der Waals surface area contributed by atoms with E-state index >= 15 is 0 Å². The Bertz CT molecular complexity index is 1060. The van der Waals surface area contributed by atoms with Crippen LogP contribution >= 0.6 is 0 Å². The predicted octanol–water partition coefficient (Wildman–Crippen LogP) is 3.16. The van der Waals surface area contributed by atoms with Crippen LogP contribution in [-0.4, -0.2) is 26.2 Å². The molecular weight excluding hydrogens is 342 g/mol. The van der Waals surface area contributed by atoms with Gasteiger partial charge in [-0.3, -0.25) is 4.79 Å². The average molecular weight is 363 g/mol. The van der Waals surface area contributed by atoms with Crippen LogP contribution in [0, 0.1) is 0 Å². The zero-order chi connectivity index (χ0) is 18.6. The number of allylic oxidation sites excluding steroid dienone is 4. The minimum atomic E-state index is -0.196. The van der Waals surface area contributed by atoms with Crippen LogP contribution in [0.1, 0.15) is 31.3 Å². The Morgan fingerprint density at radius 3 is 2.89 bits per heavy atom. The Balaban J connectivity index is 1.53. The fraction of sp³-hybridized carbons (Fsp3) is 0.250. The summed E-state index contributed by atoms with van der Waals surface area (Å²) in [6.45, 7) is 3.07. The highest BCUT2D eigenvalue weighted by Gasteiger charge is 2.12. The van der Waals surface area contributed by atoms with Crippen molar-refractivity contribution in [1.82, 2.24) is 19.6 Å². The van der Waals surface area contributed by atoms with Crippen molar-refractivity contribution in [3.05, 3.63) is 70.4 Å². The Morgan fingerprint density at radius 2 is 2.15 bits per heavy atom. The summed E-state index contributed by atoms with van der Waals surface area (Å²) in [7, 11) is 0. The van der Waals surface area contributed by atoms with Gasteiger partial charge in [-0.05, 0) is 49.6 Å². The fourth-order valence-electron chi connectivity index (χ4n) is 2.99. The summed E-state index contributed by atoms with van der Waals surface area (Å²) in [5.74, 6) is 1.89. The lowest BCUT2D eigenvalue weighted by molar-refractivity contribution is 0.340. The molecule has 138 valence electrons. The van der Waals surface area contributed by atoms with E-state index in [4.69, 9.17) is 4.74 Å². The number of ether oxygens (including phenoxy) is 1. The van der Waals surface area contributed by atoms with E-state index in [1.54, 1.807) is 6.07 Å². The molecule has 0 spiro atoms. The van der Waals surface area contributed by atoms with Gasteiger partial charge in [0.25, 0.3) is 5.56 Å². The van der Waals surface area contributed by atoms with Gasteiger partial charge in [0.15, 0.2) is 5.82 Å². The van der Waals surface area contributed by atoms with Crippen LogP contribution in [0.15, 0.2) is 53.4 Å². The van der Waals surface area contributed by atoms with Gasteiger partial charge in [-0.15, -0.1) is 5.10 Å². The number of benzene rings is 1. The minimum Gasteiger partial charge on any atom is -0.494 e. The summed E-state index contributed by atoms with van der Waals surface area (Å²) in [4.78, 5) is 20.1. The van der Waals surface area contributed by atoms with Gasteiger partial charge in [0, 0.05) is 17.4 Å². The second-order valence-corrected chi connectivity index (χ2v) is 6.27. The first kappa shape index (κ1) is 17.1. The highest BCUT2D eigenvalue weighted by atomic mass is 16.5. The number of rotatable bonds is 6. The second-order valence-electron chi connectivity index (χ2n) is 6.27. The molecular formula is C20H21N5O2. The van der Waals surface area contributed by atoms with Crippen LogP contribution in [0.2, 0.25) is 0 Å². The van der Waals surface area contributed by atoms with E-state index in [1.165, 1.54) is 4.52 Å². The van der Waals surface area contributed by atoms with Crippen LogP contribution in [0.3, 0.4) is 0 Å². The molecule has 2 heterocycles. The number of fused-ring (bicyclic) bond motifs is 1. The average Bonchev–Trinajstić information content (AvgIpc) is 3.13. The van der Waals surface area contributed by atoms with Gasteiger partial charge in [0.2, 0.25) is 5.78 Å². The van der Waals surface area contributed by atoms with Gasteiger partial charge >= 0.3 is 0 Å². The molecule has 0 radical (unpaired) electrons. The summed E-state index contributed by atoms with van der Waals surface area (Å²) >= 11 is 0. The lowest BCUT2D eigenvalue weighted by Crippen LogP contribution is -2.17. The molecule has 0 saturated carbocycles. The molecule has 4 rings (SSSR count). The second kappa shape index (κ2) is 7.49. The van der Waals surface area contributed by atoms with Crippen molar-refractivity contribution in [2.75, 3.05) is 11.9 Å². The van der Waals surface area contributed by atoms with Gasteiger partial charge in [-0.25, -0.2) is 0 Å². The quantitative estimate of drug-likeness (QED) is 0.703. The molecule has 27 heavy (non-hydrogen) atoms. The SMILES string of the molecule is CCOc1ccc(NCc2cc(=O)n3nc(C4=CC=CCC4)nc3[nH]2)cc1. The molecule has 0 bridgehead atoms. The fourth-order valence-corrected chi connectivity index (χ4v) is 2.99. The molecule has 0 saturated heterocycles. The van der Waals surface area contributed by atoms with E-state index in [-0.39, 0.29) is 5.56 Å². The van der Waals surface area contributed by atoms with Crippen molar-refractivity contribution >= 4 is 17.0 Å². The third-order valence-electron chi connectivity index (χ3n) is 4.34. The maximum atomic E-state index is 12.4. The highest BCUT2D eigenvalue weighted by Crippen LogP contribution is 2.20. The molecule has 2 N–H and O–H groups in total. The zero-order valence-electron chi connectivity index (χ0n) is 15.1. The first-order valence-electron chi connectivity index (χ1n) is 9.05. The van der Waals surface area contributed by atoms with Crippen molar-refractivity contribution in [3.63, 3.8) is 0 Å². The third kappa shape index (κ3) is 3.76. The summed E-state index contributed by atoms with van der Waals surface area (Å²) in [6.07, 6.45) is 7.95. The number of anilines is 1. The molecule has 0 unspecified atom stereocenters. The van der Waals surface area contributed by atoms with Gasteiger partial charge < -0.3 is 15.0 Å². The van der Waals surface area contributed by atoms with Crippen molar-refractivity contribution < 1.29 is 4.74 Å². The van der Waals surface area contributed by atoms with Gasteiger partial charge in [-0.1, -0.05) is 18.2 Å². The molecule has 7 heteroatoms. The van der Waals surface area contributed by atoms with Gasteiger partial charge in [-0.2, -0.15) is 9.50 Å². The van der Waals surface area contributed by atoms with E-state index in [9.17, 15) is 4.79 Å². The normalized spacial score (nSPS) is 13.6. The number of aromatic nitrogens is 4. The van der Waals surface area contributed by atoms with Crippen molar-refractivity contribution in [3.8, 4) is 5.75 Å². The number of nitrogens with one attached hydrogen (secondary N) is 2. The monoisotopic (exact) mass is 363 g/mol. The molecule has 0 fully saturated rings. The lowest BCUT2D eigenvalue weighted by Gasteiger charge is -2.08. The Kier molecular flexibility index (Phi) is 4.74. The summed E-state index contributed by atoms with van der Waals surface area (Å²) in [5, 5.41) is 7.64. The van der Waals surface area contributed by atoms with Crippen LogP contribution in [0.5, 0.6) is 5.75 Å². The maximum Gasteiger partial charge on any atom is 0.275 e. The van der Waals surface area contributed by atoms with Crippen LogP contribution in [0.25, 0.3) is 11.4 Å². The Hall–Kier alpha value is -3.35. The molecule has 1 aliphatic rings. The Labute approximate surface area is 156 Å². The molecule has 0 aliphatic heterocycles. The standard InChI is InChI=1S/C20H21N5O2/c1-2-27-17-10-8-15(9-11-17)21-13-16-12-18(26)25-20(22-16)23-19(24-25)14-6-4-3-5-7-14/h3-4,6,8-12,21H,2,5,7,13H2,1H3,(H,22,23,24). The van der Waals surface area contributed by atoms with Gasteiger partial charge in [0.1, 0.15) is 5.75 Å². The lowest BCUT2D eigenvalue weighted by atomic mass is 10.1. The first-order chi connectivity index (χ1) is 13.2. The summed E-state index contributed by atoms with van der Waals surface area (Å²) in [6, 6.07) is 9.26. The topological polar surface area (TPSA) is 84.3 Å². The van der Waals surface area contributed by atoms with Gasteiger partial charge in [0.05, 0.1) is 13.2 Å². The van der Waals surface area contributed by atoms with Crippen LogP contribution < -0.4 is 15.6 Å². The number of nitrogens with zero attached hydrogens (tertiary/aromatic N) is 3. The number of hydrogen-bond acceptors (Lipinski definition) is 5. The minimum absolute atomic E-state index is 0.196. The van der Waals surface area contributed by atoms with Crippen molar-refractivity contribution in [1.29, 1.82) is 0 Å². The highest BCUT2D eigenvalue weighted by molar-refractivity contribution is 5.64. The largest absolute Gasteiger partial charge is 0.494 e. The van der Waals surface area contributed by atoms with E-state index in [1.807, 2.05) is 43.3 Å². The smallest absolute Gasteiger partial charge is 0.275 e. The van der Waals surface area contributed by atoms with Crippen LogP contribution in [-0.2, 0) is 6.54 Å². The molecule has 1 aliphatic carbocycles. The number of H-pyrrole nitrogens is 1. The molecule has 2 aromatic heterocycles. The van der Waals surface area contributed by atoms with E-state index in [2.05, 4.69) is 26.5 Å². The number of hydrogen-bond donors (Lipinski definition) is 2.